The molecule has 0 heterocycles. The third-order valence-corrected chi connectivity index (χ3v) is 2.30. The van der Waals surface area contributed by atoms with E-state index in [0.717, 1.165) is 17.2 Å². The van der Waals surface area contributed by atoms with Gasteiger partial charge in [-0.2, -0.15) is 0 Å². The number of rotatable bonds is 5. The van der Waals surface area contributed by atoms with Crippen molar-refractivity contribution in [3.8, 4) is 0 Å². The van der Waals surface area contributed by atoms with Gasteiger partial charge in [0.1, 0.15) is 0 Å². The van der Waals surface area contributed by atoms with Crippen LogP contribution < -0.4 is 0 Å². The number of alkyl halides is 1. The van der Waals surface area contributed by atoms with Crippen LogP contribution in [0.25, 0.3) is 0 Å². The molecule has 1 heteroatoms. The van der Waals surface area contributed by atoms with E-state index in [4.69, 9.17) is 0 Å². The first-order valence-electron chi connectivity index (χ1n) is 4.22. The van der Waals surface area contributed by atoms with E-state index >= 15 is 0 Å². The zero-order chi connectivity index (χ0) is 7.98. The fourth-order valence-electron chi connectivity index (χ4n) is 0.948. The smallest absolute Gasteiger partial charge is 0.00338 e. The van der Waals surface area contributed by atoms with Crippen molar-refractivity contribution in [1.82, 2.24) is 0 Å². The molecule has 0 saturated carbocycles. The fraction of sp³-hybridized carbons (Fsp3) is 1.00. The molecule has 0 aliphatic carbocycles. The molecule has 0 N–H and O–H groups in total. The van der Waals surface area contributed by atoms with Gasteiger partial charge in [-0.15, -0.1) is 0 Å². The van der Waals surface area contributed by atoms with Crippen molar-refractivity contribution in [3.05, 3.63) is 0 Å². The Hall–Kier alpha value is 0.480. The molecule has 0 aromatic heterocycles. The molecule has 0 spiro atoms. The maximum atomic E-state index is 3.46. The summed E-state index contributed by atoms with van der Waals surface area (Å²) >= 11 is 3.46. The Morgan fingerprint density at radius 1 is 1.00 bits per heavy atom. The lowest BCUT2D eigenvalue weighted by Crippen LogP contribution is -1.98. The molecular formula is C9H19Br. The first-order chi connectivity index (χ1) is 4.66. The summed E-state index contributed by atoms with van der Waals surface area (Å²) in [6.45, 7) is 6.92. The van der Waals surface area contributed by atoms with Crippen LogP contribution in [0.4, 0.5) is 0 Å². The van der Waals surface area contributed by atoms with Crippen molar-refractivity contribution in [2.45, 2.75) is 40.0 Å². The normalized spacial score (nSPS) is 14.1. The molecule has 62 valence electrons. The number of halogens is 1. The SMILES string of the molecule is CC(C)CC[C@@H](C)CCBr. The van der Waals surface area contributed by atoms with Crippen LogP contribution in [-0.4, -0.2) is 5.33 Å². The van der Waals surface area contributed by atoms with Crippen molar-refractivity contribution in [1.29, 1.82) is 0 Å². The molecule has 0 nitrogen and oxygen atoms in total. The van der Waals surface area contributed by atoms with Gasteiger partial charge < -0.3 is 0 Å². The van der Waals surface area contributed by atoms with Crippen LogP contribution in [0.15, 0.2) is 0 Å². The largest absolute Gasteiger partial charge is 0.0928 e. The van der Waals surface area contributed by atoms with Crippen molar-refractivity contribution in [3.63, 3.8) is 0 Å². The highest BCUT2D eigenvalue weighted by Crippen LogP contribution is 2.15. The molecule has 0 unspecified atom stereocenters. The van der Waals surface area contributed by atoms with Gasteiger partial charge in [0, 0.05) is 5.33 Å². The third-order valence-electron chi connectivity index (χ3n) is 1.84. The summed E-state index contributed by atoms with van der Waals surface area (Å²) < 4.78 is 0. The zero-order valence-electron chi connectivity index (χ0n) is 7.36. The fourth-order valence-corrected chi connectivity index (χ4v) is 1.73. The van der Waals surface area contributed by atoms with E-state index < -0.39 is 0 Å². The second-order valence-corrected chi connectivity index (χ2v) is 4.35. The van der Waals surface area contributed by atoms with Crippen molar-refractivity contribution < 1.29 is 0 Å². The lowest BCUT2D eigenvalue weighted by molar-refractivity contribution is 0.444. The second kappa shape index (κ2) is 6.21. The maximum Gasteiger partial charge on any atom is 0.00338 e. The first kappa shape index (κ1) is 10.5. The quantitative estimate of drug-likeness (QED) is 0.601. The molecule has 0 aromatic carbocycles. The van der Waals surface area contributed by atoms with Gasteiger partial charge in [-0.05, 0) is 18.3 Å². The Balaban J connectivity index is 3.12. The van der Waals surface area contributed by atoms with Crippen LogP contribution in [0.5, 0.6) is 0 Å². The number of hydrogen-bond acceptors (Lipinski definition) is 0. The Morgan fingerprint density at radius 3 is 2.00 bits per heavy atom. The monoisotopic (exact) mass is 206 g/mol. The van der Waals surface area contributed by atoms with E-state index in [2.05, 4.69) is 36.7 Å². The minimum Gasteiger partial charge on any atom is -0.0928 e. The van der Waals surface area contributed by atoms with E-state index in [-0.39, 0.29) is 0 Å². The molecule has 0 aliphatic rings. The summed E-state index contributed by atoms with van der Waals surface area (Å²) in [5.41, 5.74) is 0. The van der Waals surface area contributed by atoms with E-state index in [9.17, 15) is 0 Å². The number of hydrogen-bond donors (Lipinski definition) is 0. The van der Waals surface area contributed by atoms with Gasteiger partial charge in [0.15, 0.2) is 0 Å². The Morgan fingerprint density at radius 2 is 1.60 bits per heavy atom. The molecule has 0 aliphatic heterocycles. The highest BCUT2D eigenvalue weighted by atomic mass is 79.9. The van der Waals surface area contributed by atoms with Gasteiger partial charge in [-0.3, -0.25) is 0 Å². The maximum absolute atomic E-state index is 3.46. The molecule has 1 atom stereocenters. The lowest BCUT2D eigenvalue weighted by Gasteiger charge is -2.10. The highest BCUT2D eigenvalue weighted by molar-refractivity contribution is 9.09. The summed E-state index contributed by atoms with van der Waals surface area (Å²) in [4.78, 5) is 0. The molecule has 0 radical (unpaired) electrons. The zero-order valence-corrected chi connectivity index (χ0v) is 8.95. The van der Waals surface area contributed by atoms with Crippen LogP contribution in [0.3, 0.4) is 0 Å². The van der Waals surface area contributed by atoms with Crippen LogP contribution >= 0.6 is 15.9 Å². The van der Waals surface area contributed by atoms with Crippen LogP contribution in [0.1, 0.15) is 40.0 Å². The predicted octanol–water partition coefficient (Wildman–Crippen LogP) is 3.84. The summed E-state index contributed by atoms with van der Waals surface area (Å²) in [5, 5.41) is 1.16. The standard InChI is InChI=1S/C9H19Br/c1-8(2)4-5-9(3)6-7-10/h8-9H,4-7H2,1-3H3/t9-/m1/s1. The average molecular weight is 207 g/mol. The minimum absolute atomic E-state index is 0.873. The third kappa shape index (κ3) is 6.60. The minimum atomic E-state index is 0.873. The summed E-state index contributed by atoms with van der Waals surface area (Å²) in [6, 6.07) is 0. The van der Waals surface area contributed by atoms with E-state index in [0.29, 0.717) is 0 Å². The van der Waals surface area contributed by atoms with Crippen molar-refractivity contribution in [2.24, 2.45) is 11.8 Å². The van der Waals surface area contributed by atoms with Crippen LogP contribution in [-0.2, 0) is 0 Å². The van der Waals surface area contributed by atoms with Gasteiger partial charge in [-0.25, -0.2) is 0 Å². The molecule has 0 bridgehead atoms. The average Bonchev–Trinajstić information content (AvgIpc) is 1.85. The first-order valence-corrected chi connectivity index (χ1v) is 5.35. The van der Waals surface area contributed by atoms with Gasteiger partial charge in [0.2, 0.25) is 0 Å². The van der Waals surface area contributed by atoms with Gasteiger partial charge in [0.25, 0.3) is 0 Å². The Kier molecular flexibility index (Phi) is 6.50. The predicted molar refractivity (Wildman–Crippen MR) is 51.6 cm³/mol. The summed E-state index contributed by atoms with van der Waals surface area (Å²) in [6.07, 6.45) is 4.10. The van der Waals surface area contributed by atoms with Gasteiger partial charge in [-0.1, -0.05) is 49.5 Å². The molecule has 0 saturated heterocycles. The topological polar surface area (TPSA) is 0 Å². The molecule has 0 amide bonds. The highest BCUT2D eigenvalue weighted by Gasteiger charge is 2.01. The van der Waals surface area contributed by atoms with E-state index in [1.54, 1.807) is 0 Å². The van der Waals surface area contributed by atoms with E-state index in [1.165, 1.54) is 19.3 Å². The van der Waals surface area contributed by atoms with Crippen LogP contribution in [0.2, 0.25) is 0 Å². The summed E-state index contributed by atoms with van der Waals surface area (Å²) in [7, 11) is 0. The van der Waals surface area contributed by atoms with Crippen molar-refractivity contribution >= 4 is 15.9 Å². The molecule has 0 rings (SSSR count). The molecule has 0 aromatic rings. The second-order valence-electron chi connectivity index (χ2n) is 3.55. The van der Waals surface area contributed by atoms with Gasteiger partial charge >= 0.3 is 0 Å². The Labute approximate surface area is 73.5 Å². The van der Waals surface area contributed by atoms with E-state index in [1.807, 2.05) is 0 Å². The van der Waals surface area contributed by atoms with Gasteiger partial charge in [0.05, 0.1) is 0 Å². The molecular weight excluding hydrogens is 188 g/mol. The molecule has 10 heavy (non-hydrogen) atoms. The van der Waals surface area contributed by atoms with Crippen LogP contribution in [0, 0.1) is 11.8 Å². The lowest BCUT2D eigenvalue weighted by atomic mass is 9.98. The Bertz CT molecular complexity index is 69.1. The summed E-state index contributed by atoms with van der Waals surface area (Å²) in [5.74, 6) is 1.78. The molecule has 0 fully saturated rings. The van der Waals surface area contributed by atoms with Crippen molar-refractivity contribution in [2.75, 3.05) is 5.33 Å².